The quantitative estimate of drug-likeness (QED) is 0.463. The zero-order valence-corrected chi connectivity index (χ0v) is 9.16. The summed E-state index contributed by atoms with van der Waals surface area (Å²) in [7, 11) is -4.10. The molecule has 1 atom stereocenters. The fraction of sp³-hybridized carbons (Fsp3) is 1.00. The van der Waals surface area contributed by atoms with E-state index >= 15 is 0 Å². The Kier molecular flexibility index (Phi) is 7.08. The molecule has 0 aromatic heterocycles. The molecule has 0 aromatic carbocycles. The van der Waals surface area contributed by atoms with Gasteiger partial charge in [0, 0.05) is 6.61 Å². The molecule has 1 unspecified atom stereocenters. The molecule has 0 fully saturated rings. The van der Waals surface area contributed by atoms with E-state index in [9.17, 15) is 8.42 Å². The third-order valence-corrected chi connectivity index (χ3v) is 2.41. The standard InChI is InChI=1S/C8H18O5S/c1-2-3-4-5-13-6-8(9)7-14(10,11)12/h8-9H,2-7H2,1H3,(H,10,11,12). The van der Waals surface area contributed by atoms with E-state index in [1.165, 1.54) is 0 Å². The van der Waals surface area contributed by atoms with E-state index in [1.807, 2.05) is 0 Å². The van der Waals surface area contributed by atoms with Crippen molar-refractivity contribution >= 4 is 10.1 Å². The minimum absolute atomic E-state index is 0.0521. The van der Waals surface area contributed by atoms with Gasteiger partial charge in [0.1, 0.15) is 5.75 Å². The average molecular weight is 226 g/mol. The second kappa shape index (κ2) is 7.17. The second-order valence-corrected chi connectivity index (χ2v) is 4.68. The van der Waals surface area contributed by atoms with Gasteiger partial charge in [-0.15, -0.1) is 0 Å². The molecule has 14 heavy (non-hydrogen) atoms. The van der Waals surface area contributed by atoms with Crippen molar-refractivity contribution < 1.29 is 22.8 Å². The number of hydrogen-bond donors (Lipinski definition) is 2. The molecule has 0 aromatic rings. The molecule has 5 nitrogen and oxygen atoms in total. The first-order valence-corrected chi connectivity index (χ1v) is 6.27. The molecular formula is C8H18O5S. The van der Waals surface area contributed by atoms with Crippen molar-refractivity contribution in [2.45, 2.75) is 32.3 Å². The van der Waals surface area contributed by atoms with Crippen LogP contribution in [0.2, 0.25) is 0 Å². The van der Waals surface area contributed by atoms with Gasteiger partial charge >= 0.3 is 0 Å². The zero-order chi connectivity index (χ0) is 11.0. The summed E-state index contributed by atoms with van der Waals surface area (Å²) >= 11 is 0. The van der Waals surface area contributed by atoms with Crippen LogP contribution in [0.3, 0.4) is 0 Å². The van der Waals surface area contributed by atoms with Crippen LogP contribution in [0.15, 0.2) is 0 Å². The van der Waals surface area contributed by atoms with Crippen LogP contribution in [0.1, 0.15) is 26.2 Å². The summed E-state index contributed by atoms with van der Waals surface area (Å²) in [4.78, 5) is 0. The molecule has 0 heterocycles. The number of ether oxygens (including phenoxy) is 1. The van der Waals surface area contributed by atoms with Gasteiger partial charge in [0.2, 0.25) is 0 Å². The molecule has 0 aliphatic carbocycles. The van der Waals surface area contributed by atoms with Gasteiger partial charge in [0.15, 0.2) is 0 Å². The molecule has 0 saturated heterocycles. The monoisotopic (exact) mass is 226 g/mol. The largest absolute Gasteiger partial charge is 0.390 e. The number of unbranched alkanes of at least 4 members (excludes halogenated alkanes) is 2. The lowest BCUT2D eigenvalue weighted by molar-refractivity contribution is 0.0454. The Hall–Kier alpha value is -0.170. The van der Waals surface area contributed by atoms with Crippen LogP contribution in [0.4, 0.5) is 0 Å². The van der Waals surface area contributed by atoms with Crippen molar-refractivity contribution in [3.05, 3.63) is 0 Å². The lowest BCUT2D eigenvalue weighted by Gasteiger charge is -2.08. The second-order valence-electron chi connectivity index (χ2n) is 3.18. The van der Waals surface area contributed by atoms with E-state index in [1.54, 1.807) is 0 Å². The van der Waals surface area contributed by atoms with E-state index in [4.69, 9.17) is 14.4 Å². The average Bonchev–Trinajstić information content (AvgIpc) is 2.00. The van der Waals surface area contributed by atoms with Crippen LogP contribution in [-0.2, 0) is 14.9 Å². The maximum Gasteiger partial charge on any atom is 0.267 e. The Morgan fingerprint density at radius 1 is 1.36 bits per heavy atom. The van der Waals surface area contributed by atoms with E-state index < -0.39 is 22.0 Å². The van der Waals surface area contributed by atoms with Crippen LogP contribution < -0.4 is 0 Å². The van der Waals surface area contributed by atoms with E-state index in [0.717, 1.165) is 19.3 Å². The fourth-order valence-corrected chi connectivity index (χ4v) is 1.55. The van der Waals surface area contributed by atoms with E-state index in [-0.39, 0.29) is 6.61 Å². The van der Waals surface area contributed by atoms with Crippen molar-refractivity contribution in [3.63, 3.8) is 0 Å². The molecule has 0 bridgehead atoms. The first-order chi connectivity index (χ1) is 6.45. The van der Waals surface area contributed by atoms with Gasteiger partial charge in [-0.3, -0.25) is 4.55 Å². The Bertz CT molecular complexity index is 224. The van der Waals surface area contributed by atoms with Gasteiger partial charge < -0.3 is 9.84 Å². The summed E-state index contributed by atoms with van der Waals surface area (Å²) in [6.07, 6.45) is 1.88. The number of aliphatic hydroxyl groups excluding tert-OH is 1. The van der Waals surface area contributed by atoms with Crippen LogP contribution >= 0.6 is 0 Å². The molecule has 0 aliphatic heterocycles. The zero-order valence-electron chi connectivity index (χ0n) is 8.35. The van der Waals surface area contributed by atoms with Gasteiger partial charge in [-0.25, -0.2) is 0 Å². The third kappa shape index (κ3) is 9.91. The molecule has 0 radical (unpaired) electrons. The van der Waals surface area contributed by atoms with Crippen molar-refractivity contribution in [2.24, 2.45) is 0 Å². The summed E-state index contributed by atoms with van der Waals surface area (Å²) < 4.78 is 34.0. The highest BCUT2D eigenvalue weighted by Gasteiger charge is 2.13. The van der Waals surface area contributed by atoms with E-state index in [2.05, 4.69) is 6.92 Å². The summed E-state index contributed by atoms with van der Waals surface area (Å²) in [5.41, 5.74) is 0. The smallest absolute Gasteiger partial charge is 0.267 e. The molecule has 6 heteroatoms. The SMILES string of the molecule is CCCCCOCC(O)CS(=O)(=O)O. The molecule has 86 valence electrons. The van der Waals surface area contributed by atoms with Crippen LogP contribution in [0, 0.1) is 0 Å². The van der Waals surface area contributed by atoms with Crippen molar-refractivity contribution in [3.8, 4) is 0 Å². The Morgan fingerprint density at radius 3 is 2.50 bits per heavy atom. The normalized spacial score (nSPS) is 14.2. The molecule has 0 rings (SSSR count). The van der Waals surface area contributed by atoms with E-state index in [0.29, 0.717) is 6.61 Å². The van der Waals surface area contributed by atoms with Crippen LogP contribution in [0.5, 0.6) is 0 Å². The highest BCUT2D eigenvalue weighted by molar-refractivity contribution is 7.85. The fourth-order valence-electron chi connectivity index (χ4n) is 0.965. The first kappa shape index (κ1) is 13.8. The van der Waals surface area contributed by atoms with Crippen LogP contribution in [-0.4, -0.2) is 43.1 Å². The topological polar surface area (TPSA) is 83.8 Å². The minimum atomic E-state index is -4.10. The first-order valence-electron chi connectivity index (χ1n) is 4.66. The predicted octanol–water partition coefficient (Wildman–Crippen LogP) is 0.442. The Balaban J connectivity index is 3.41. The lowest BCUT2D eigenvalue weighted by atomic mass is 10.3. The van der Waals surface area contributed by atoms with Gasteiger partial charge in [0.05, 0.1) is 12.7 Å². The Labute approximate surface area is 84.8 Å². The van der Waals surface area contributed by atoms with Crippen LogP contribution in [0.25, 0.3) is 0 Å². The lowest BCUT2D eigenvalue weighted by Crippen LogP contribution is -2.25. The Morgan fingerprint density at radius 2 is 2.00 bits per heavy atom. The van der Waals surface area contributed by atoms with Gasteiger partial charge in [-0.1, -0.05) is 19.8 Å². The maximum absolute atomic E-state index is 10.3. The minimum Gasteiger partial charge on any atom is -0.390 e. The maximum atomic E-state index is 10.3. The molecule has 0 spiro atoms. The predicted molar refractivity (Wildman–Crippen MR) is 52.8 cm³/mol. The molecule has 0 amide bonds. The van der Waals surface area contributed by atoms with Gasteiger partial charge in [-0.05, 0) is 6.42 Å². The number of rotatable bonds is 8. The number of aliphatic hydroxyl groups is 1. The highest BCUT2D eigenvalue weighted by Crippen LogP contribution is 1.96. The molecule has 0 aliphatic rings. The van der Waals surface area contributed by atoms with Gasteiger partial charge in [-0.2, -0.15) is 8.42 Å². The molecular weight excluding hydrogens is 208 g/mol. The van der Waals surface area contributed by atoms with Crippen molar-refractivity contribution in [1.29, 1.82) is 0 Å². The summed E-state index contributed by atoms with van der Waals surface area (Å²) in [6, 6.07) is 0. The molecule has 0 saturated carbocycles. The molecule has 2 N–H and O–H groups in total. The van der Waals surface area contributed by atoms with Crippen molar-refractivity contribution in [1.82, 2.24) is 0 Å². The summed E-state index contributed by atoms with van der Waals surface area (Å²) in [5.74, 6) is -0.666. The summed E-state index contributed by atoms with van der Waals surface area (Å²) in [6.45, 7) is 2.52. The third-order valence-electron chi connectivity index (χ3n) is 1.61. The number of hydrogen-bond acceptors (Lipinski definition) is 4. The van der Waals surface area contributed by atoms with Crippen molar-refractivity contribution in [2.75, 3.05) is 19.0 Å². The van der Waals surface area contributed by atoms with Gasteiger partial charge in [0.25, 0.3) is 10.1 Å². The summed E-state index contributed by atoms with van der Waals surface area (Å²) in [5, 5.41) is 9.08. The highest BCUT2D eigenvalue weighted by atomic mass is 32.2.